The Kier molecular flexibility index (Phi) is 2.75. The molecule has 1 saturated carbocycles. The zero-order chi connectivity index (χ0) is 11.8. The number of hydrogen-bond acceptors (Lipinski definition) is 2. The van der Waals surface area contributed by atoms with Crippen molar-refractivity contribution < 1.29 is 0 Å². The van der Waals surface area contributed by atoms with Crippen LogP contribution >= 0.6 is 11.8 Å². The number of benzene rings is 1. The molecule has 2 rings (SSSR count). The molecular weight excluding hydrogens is 214 g/mol. The molecular formula is C14H17NS. The lowest BCUT2D eigenvalue weighted by atomic mass is 9.87. The van der Waals surface area contributed by atoms with Crippen molar-refractivity contribution >= 4 is 11.8 Å². The zero-order valence-corrected chi connectivity index (χ0v) is 10.9. The summed E-state index contributed by atoms with van der Waals surface area (Å²) in [6.45, 7) is 6.65. The standard InChI is InChI=1S/C14H17NS/c1-13(2,3)11-4-6-12(7-5-11)16-14(10-15)8-9-14/h4-7H,8-9H2,1-3H3. The highest BCUT2D eigenvalue weighted by Crippen LogP contribution is 2.51. The normalized spacial score (nSPS) is 17.9. The maximum absolute atomic E-state index is 9.03. The van der Waals surface area contributed by atoms with Crippen molar-refractivity contribution in [1.82, 2.24) is 0 Å². The summed E-state index contributed by atoms with van der Waals surface area (Å²) in [5.41, 5.74) is 1.55. The smallest absolute Gasteiger partial charge is 0.107 e. The summed E-state index contributed by atoms with van der Waals surface area (Å²) in [5.74, 6) is 0. The van der Waals surface area contributed by atoms with E-state index in [9.17, 15) is 0 Å². The second kappa shape index (κ2) is 3.82. The largest absolute Gasteiger partial charge is 0.197 e. The van der Waals surface area contributed by atoms with E-state index >= 15 is 0 Å². The van der Waals surface area contributed by atoms with Gasteiger partial charge < -0.3 is 0 Å². The summed E-state index contributed by atoms with van der Waals surface area (Å²) in [6.07, 6.45) is 2.07. The summed E-state index contributed by atoms with van der Waals surface area (Å²) in [7, 11) is 0. The Hall–Kier alpha value is -0.940. The highest BCUT2D eigenvalue weighted by atomic mass is 32.2. The first-order chi connectivity index (χ1) is 7.45. The van der Waals surface area contributed by atoms with Crippen molar-refractivity contribution in [3.63, 3.8) is 0 Å². The van der Waals surface area contributed by atoms with E-state index in [1.807, 2.05) is 0 Å². The summed E-state index contributed by atoms with van der Waals surface area (Å²) >= 11 is 1.72. The Morgan fingerprint density at radius 3 is 2.12 bits per heavy atom. The minimum absolute atomic E-state index is 0.108. The Morgan fingerprint density at radius 2 is 1.75 bits per heavy atom. The number of nitriles is 1. The van der Waals surface area contributed by atoms with Crippen LogP contribution in [-0.2, 0) is 5.41 Å². The molecule has 1 aliphatic carbocycles. The summed E-state index contributed by atoms with van der Waals surface area (Å²) in [5, 5.41) is 9.03. The third-order valence-corrected chi connectivity index (χ3v) is 4.34. The molecule has 1 nitrogen and oxygen atoms in total. The molecule has 0 N–H and O–H groups in total. The van der Waals surface area contributed by atoms with Gasteiger partial charge in [-0.05, 0) is 36.0 Å². The molecule has 84 valence electrons. The van der Waals surface area contributed by atoms with Gasteiger partial charge in [-0.15, -0.1) is 11.8 Å². The molecule has 0 bridgehead atoms. The zero-order valence-electron chi connectivity index (χ0n) is 10.1. The lowest BCUT2D eigenvalue weighted by Crippen LogP contribution is -2.10. The van der Waals surface area contributed by atoms with Crippen LogP contribution in [0.4, 0.5) is 0 Å². The lowest BCUT2D eigenvalue weighted by Gasteiger charge is -2.19. The third kappa shape index (κ3) is 2.41. The molecule has 1 aromatic rings. The van der Waals surface area contributed by atoms with E-state index in [4.69, 9.17) is 5.26 Å². The highest BCUT2D eigenvalue weighted by Gasteiger charge is 2.44. The number of nitrogens with zero attached hydrogens (tertiary/aromatic N) is 1. The van der Waals surface area contributed by atoms with Crippen LogP contribution in [0.3, 0.4) is 0 Å². The van der Waals surface area contributed by atoms with Crippen LogP contribution in [0.1, 0.15) is 39.2 Å². The molecule has 0 amide bonds. The molecule has 1 aliphatic rings. The Morgan fingerprint density at radius 1 is 1.19 bits per heavy atom. The second-order valence-corrected chi connectivity index (χ2v) is 6.94. The third-order valence-electron chi connectivity index (χ3n) is 2.94. The van der Waals surface area contributed by atoms with Crippen LogP contribution in [0.25, 0.3) is 0 Å². The lowest BCUT2D eigenvalue weighted by molar-refractivity contribution is 0.590. The van der Waals surface area contributed by atoms with Crippen molar-refractivity contribution in [2.24, 2.45) is 0 Å². The number of thioether (sulfide) groups is 1. The van der Waals surface area contributed by atoms with E-state index in [1.54, 1.807) is 11.8 Å². The van der Waals surface area contributed by atoms with E-state index < -0.39 is 0 Å². The fourth-order valence-electron chi connectivity index (χ4n) is 1.60. The molecule has 0 heterocycles. The molecule has 0 aliphatic heterocycles. The van der Waals surface area contributed by atoms with E-state index in [0.29, 0.717) is 0 Å². The second-order valence-electron chi connectivity index (χ2n) is 5.48. The van der Waals surface area contributed by atoms with Crippen molar-refractivity contribution in [1.29, 1.82) is 5.26 Å². The average Bonchev–Trinajstić information content (AvgIpc) is 2.98. The molecule has 0 saturated heterocycles. The van der Waals surface area contributed by atoms with Crippen LogP contribution < -0.4 is 0 Å². The predicted octanol–water partition coefficient (Wildman–Crippen LogP) is 4.13. The SMILES string of the molecule is CC(C)(C)c1ccc(SC2(C#N)CC2)cc1. The summed E-state index contributed by atoms with van der Waals surface area (Å²) < 4.78 is -0.108. The molecule has 0 unspecified atom stereocenters. The number of hydrogen-bond donors (Lipinski definition) is 0. The number of rotatable bonds is 2. The first kappa shape index (κ1) is 11.5. The van der Waals surface area contributed by atoms with Gasteiger partial charge in [0.25, 0.3) is 0 Å². The first-order valence-electron chi connectivity index (χ1n) is 5.66. The van der Waals surface area contributed by atoms with E-state index in [2.05, 4.69) is 51.1 Å². The molecule has 2 heteroatoms. The van der Waals surface area contributed by atoms with Crippen LogP contribution in [0.2, 0.25) is 0 Å². The van der Waals surface area contributed by atoms with Crippen molar-refractivity contribution in [3.8, 4) is 6.07 Å². The monoisotopic (exact) mass is 231 g/mol. The van der Waals surface area contributed by atoms with Gasteiger partial charge in [0.15, 0.2) is 0 Å². The van der Waals surface area contributed by atoms with Gasteiger partial charge in [0.1, 0.15) is 4.75 Å². The van der Waals surface area contributed by atoms with Gasteiger partial charge in [-0.25, -0.2) is 0 Å². The van der Waals surface area contributed by atoms with Crippen LogP contribution in [0.15, 0.2) is 29.2 Å². The van der Waals surface area contributed by atoms with Gasteiger partial charge in [-0.2, -0.15) is 5.26 Å². The Bertz CT molecular complexity index is 416. The van der Waals surface area contributed by atoms with Gasteiger partial charge >= 0.3 is 0 Å². The molecule has 0 spiro atoms. The highest BCUT2D eigenvalue weighted by molar-refractivity contribution is 8.01. The summed E-state index contributed by atoms with van der Waals surface area (Å²) in [4.78, 5) is 1.21. The molecule has 16 heavy (non-hydrogen) atoms. The van der Waals surface area contributed by atoms with Gasteiger partial charge in [0, 0.05) is 4.90 Å². The fourth-order valence-corrected chi connectivity index (χ4v) is 2.67. The Balaban J connectivity index is 2.12. The maximum atomic E-state index is 9.03. The topological polar surface area (TPSA) is 23.8 Å². The van der Waals surface area contributed by atoms with Crippen molar-refractivity contribution in [2.45, 2.75) is 48.7 Å². The summed E-state index contributed by atoms with van der Waals surface area (Å²) in [6, 6.07) is 11.0. The van der Waals surface area contributed by atoms with E-state index in [0.717, 1.165) is 12.8 Å². The predicted molar refractivity (Wildman–Crippen MR) is 68.6 cm³/mol. The van der Waals surface area contributed by atoms with Gasteiger partial charge in [0.2, 0.25) is 0 Å². The van der Waals surface area contributed by atoms with Gasteiger partial charge in [-0.1, -0.05) is 32.9 Å². The molecule has 0 radical (unpaired) electrons. The minimum atomic E-state index is -0.108. The van der Waals surface area contributed by atoms with E-state index in [1.165, 1.54) is 10.5 Å². The maximum Gasteiger partial charge on any atom is 0.107 e. The van der Waals surface area contributed by atoms with Crippen LogP contribution in [-0.4, -0.2) is 4.75 Å². The van der Waals surface area contributed by atoms with E-state index in [-0.39, 0.29) is 10.2 Å². The van der Waals surface area contributed by atoms with Crippen LogP contribution in [0.5, 0.6) is 0 Å². The van der Waals surface area contributed by atoms with Gasteiger partial charge in [-0.3, -0.25) is 0 Å². The average molecular weight is 231 g/mol. The van der Waals surface area contributed by atoms with Crippen molar-refractivity contribution in [2.75, 3.05) is 0 Å². The molecule has 1 fully saturated rings. The minimum Gasteiger partial charge on any atom is -0.197 e. The van der Waals surface area contributed by atoms with Crippen LogP contribution in [0, 0.1) is 11.3 Å². The fraction of sp³-hybridized carbons (Fsp3) is 0.500. The Labute approximate surface area is 102 Å². The first-order valence-corrected chi connectivity index (χ1v) is 6.48. The molecule has 1 aromatic carbocycles. The molecule has 0 aromatic heterocycles. The van der Waals surface area contributed by atoms with Gasteiger partial charge in [0.05, 0.1) is 6.07 Å². The quantitative estimate of drug-likeness (QED) is 0.764. The molecule has 0 atom stereocenters. The van der Waals surface area contributed by atoms with Crippen molar-refractivity contribution in [3.05, 3.63) is 29.8 Å².